The van der Waals surface area contributed by atoms with E-state index in [1.54, 1.807) is 0 Å². The van der Waals surface area contributed by atoms with E-state index in [0.29, 0.717) is 6.79 Å². The first-order chi connectivity index (χ1) is 6.63. The fourth-order valence-electron chi connectivity index (χ4n) is 1.43. The maximum atomic E-state index is 5.33. The van der Waals surface area contributed by atoms with Gasteiger partial charge in [-0.2, -0.15) is 0 Å². The highest BCUT2D eigenvalue weighted by Gasteiger charge is 2.21. The molecule has 0 spiro atoms. The lowest BCUT2D eigenvalue weighted by Crippen LogP contribution is -2.32. The predicted molar refractivity (Wildman–Crippen MR) is 54.7 cm³/mol. The van der Waals surface area contributed by atoms with Crippen molar-refractivity contribution in [1.29, 1.82) is 0 Å². The monoisotopic (exact) mass is 193 g/mol. The van der Waals surface area contributed by atoms with E-state index < -0.39 is 0 Å². The zero-order valence-electron chi connectivity index (χ0n) is 8.76. The Morgan fingerprint density at radius 2 is 1.93 bits per heavy atom. The minimum absolute atomic E-state index is 0.0407. The molecule has 0 amide bonds. The molecule has 0 saturated carbocycles. The Morgan fingerprint density at radius 1 is 1.21 bits per heavy atom. The molecule has 0 atom stereocenters. The van der Waals surface area contributed by atoms with Crippen LogP contribution in [0, 0.1) is 0 Å². The predicted octanol–water partition coefficient (Wildman–Crippen LogP) is 1.87. The molecule has 76 valence electrons. The van der Waals surface area contributed by atoms with Gasteiger partial charge in [-0.15, -0.1) is 0 Å². The Hall–Kier alpha value is -1.22. The van der Waals surface area contributed by atoms with Crippen LogP contribution < -0.4 is 14.8 Å². The second-order valence-electron chi connectivity index (χ2n) is 3.94. The molecule has 0 fully saturated rings. The number of hydrogen-bond acceptors (Lipinski definition) is 3. The second kappa shape index (κ2) is 3.17. The summed E-state index contributed by atoms with van der Waals surface area (Å²) in [5.74, 6) is 1.67. The number of fused-ring (bicyclic) bond motifs is 1. The minimum atomic E-state index is -0.0407. The van der Waals surface area contributed by atoms with E-state index in [2.05, 4.69) is 25.2 Å². The fraction of sp³-hybridized carbons (Fsp3) is 0.455. The summed E-state index contributed by atoms with van der Waals surface area (Å²) in [6.07, 6.45) is 0. The van der Waals surface area contributed by atoms with E-state index in [0.717, 1.165) is 11.5 Å². The van der Waals surface area contributed by atoms with Crippen LogP contribution in [0.1, 0.15) is 19.4 Å². The Morgan fingerprint density at radius 3 is 2.64 bits per heavy atom. The molecule has 0 aromatic heterocycles. The van der Waals surface area contributed by atoms with Gasteiger partial charge in [-0.3, -0.25) is 0 Å². The van der Waals surface area contributed by atoms with Gasteiger partial charge in [0.1, 0.15) is 0 Å². The van der Waals surface area contributed by atoms with Crippen molar-refractivity contribution in [3.05, 3.63) is 23.8 Å². The van der Waals surface area contributed by atoms with Crippen LogP contribution in [-0.2, 0) is 5.54 Å². The van der Waals surface area contributed by atoms with Crippen LogP contribution in [0.2, 0.25) is 0 Å². The smallest absolute Gasteiger partial charge is 0.231 e. The summed E-state index contributed by atoms with van der Waals surface area (Å²) in [5, 5.41) is 3.25. The van der Waals surface area contributed by atoms with Crippen molar-refractivity contribution >= 4 is 0 Å². The van der Waals surface area contributed by atoms with E-state index in [1.807, 2.05) is 19.2 Å². The maximum Gasteiger partial charge on any atom is 0.231 e. The van der Waals surface area contributed by atoms with E-state index in [4.69, 9.17) is 9.47 Å². The first-order valence-electron chi connectivity index (χ1n) is 4.72. The summed E-state index contributed by atoms with van der Waals surface area (Å²) < 4.78 is 10.6. The topological polar surface area (TPSA) is 30.5 Å². The van der Waals surface area contributed by atoms with Crippen molar-refractivity contribution < 1.29 is 9.47 Å². The van der Waals surface area contributed by atoms with Crippen molar-refractivity contribution in [2.24, 2.45) is 0 Å². The van der Waals surface area contributed by atoms with E-state index in [1.165, 1.54) is 5.56 Å². The summed E-state index contributed by atoms with van der Waals surface area (Å²) in [7, 11) is 1.95. The lowest BCUT2D eigenvalue weighted by Gasteiger charge is -2.24. The summed E-state index contributed by atoms with van der Waals surface area (Å²) in [4.78, 5) is 0. The van der Waals surface area contributed by atoms with E-state index in [-0.39, 0.29) is 5.54 Å². The largest absolute Gasteiger partial charge is 0.454 e. The van der Waals surface area contributed by atoms with Crippen LogP contribution >= 0.6 is 0 Å². The number of ether oxygens (including phenoxy) is 2. The van der Waals surface area contributed by atoms with Gasteiger partial charge >= 0.3 is 0 Å². The average molecular weight is 193 g/mol. The molecule has 0 saturated heterocycles. The van der Waals surface area contributed by atoms with Gasteiger partial charge in [0.15, 0.2) is 11.5 Å². The van der Waals surface area contributed by atoms with Gasteiger partial charge in [0.2, 0.25) is 6.79 Å². The van der Waals surface area contributed by atoms with Crippen LogP contribution in [0.4, 0.5) is 0 Å². The van der Waals surface area contributed by atoms with E-state index >= 15 is 0 Å². The van der Waals surface area contributed by atoms with Crippen LogP contribution in [0.25, 0.3) is 0 Å². The van der Waals surface area contributed by atoms with Gasteiger partial charge in [-0.05, 0) is 38.6 Å². The fourth-order valence-corrected chi connectivity index (χ4v) is 1.43. The van der Waals surface area contributed by atoms with Gasteiger partial charge in [0, 0.05) is 5.54 Å². The molecule has 2 rings (SSSR count). The highest BCUT2D eigenvalue weighted by Crippen LogP contribution is 2.35. The van der Waals surface area contributed by atoms with Crippen LogP contribution in [0.3, 0.4) is 0 Å². The van der Waals surface area contributed by atoms with Crippen molar-refractivity contribution in [1.82, 2.24) is 5.32 Å². The molecule has 14 heavy (non-hydrogen) atoms. The maximum absolute atomic E-state index is 5.33. The second-order valence-corrected chi connectivity index (χ2v) is 3.94. The Labute approximate surface area is 84.0 Å². The highest BCUT2D eigenvalue weighted by molar-refractivity contribution is 5.46. The molecular formula is C11H15NO2. The normalized spacial score (nSPS) is 14.5. The number of benzene rings is 1. The lowest BCUT2D eigenvalue weighted by molar-refractivity contribution is 0.174. The van der Waals surface area contributed by atoms with Crippen molar-refractivity contribution in [2.75, 3.05) is 13.8 Å². The summed E-state index contributed by atoms with van der Waals surface area (Å²) >= 11 is 0. The first-order valence-corrected chi connectivity index (χ1v) is 4.72. The van der Waals surface area contributed by atoms with Crippen LogP contribution in [0.5, 0.6) is 11.5 Å². The van der Waals surface area contributed by atoms with Gasteiger partial charge in [-0.1, -0.05) is 6.07 Å². The third-order valence-corrected chi connectivity index (χ3v) is 2.72. The van der Waals surface area contributed by atoms with Gasteiger partial charge < -0.3 is 14.8 Å². The third kappa shape index (κ3) is 1.44. The van der Waals surface area contributed by atoms with Gasteiger partial charge in [0.05, 0.1) is 0 Å². The summed E-state index contributed by atoms with van der Waals surface area (Å²) in [6, 6.07) is 6.04. The van der Waals surface area contributed by atoms with Crippen LogP contribution in [-0.4, -0.2) is 13.8 Å². The van der Waals surface area contributed by atoms with Crippen molar-refractivity contribution in [2.45, 2.75) is 19.4 Å². The molecule has 1 aromatic carbocycles. The van der Waals surface area contributed by atoms with Gasteiger partial charge in [0.25, 0.3) is 0 Å². The third-order valence-electron chi connectivity index (χ3n) is 2.72. The SMILES string of the molecule is CNC(C)(C)c1ccc2c(c1)OCO2. The summed E-state index contributed by atoms with van der Waals surface area (Å²) in [5.41, 5.74) is 1.16. The average Bonchev–Trinajstić information content (AvgIpc) is 2.64. The molecule has 1 heterocycles. The first kappa shape index (κ1) is 9.34. The molecule has 3 nitrogen and oxygen atoms in total. The Balaban J connectivity index is 2.38. The molecule has 1 aromatic rings. The number of rotatable bonds is 2. The molecule has 0 unspecified atom stereocenters. The van der Waals surface area contributed by atoms with Crippen molar-refractivity contribution in [3.63, 3.8) is 0 Å². The Bertz CT molecular complexity index is 347. The Kier molecular flexibility index (Phi) is 2.11. The molecule has 1 aliphatic rings. The standard InChI is InChI=1S/C11H15NO2/c1-11(2,12-3)8-4-5-9-10(6-8)14-7-13-9/h4-6,12H,7H2,1-3H3. The zero-order chi connectivity index (χ0) is 10.2. The number of nitrogens with one attached hydrogen (secondary N) is 1. The molecule has 0 bridgehead atoms. The molecule has 3 heteroatoms. The van der Waals surface area contributed by atoms with Gasteiger partial charge in [-0.25, -0.2) is 0 Å². The zero-order valence-corrected chi connectivity index (χ0v) is 8.76. The van der Waals surface area contributed by atoms with E-state index in [9.17, 15) is 0 Å². The van der Waals surface area contributed by atoms with Crippen LogP contribution in [0.15, 0.2) is 18.2 Å². The highest BCUT2D eigenvalue weighted by atomic mass is 16.7. The number of hydrogen-bond donors (Lipinski definition) is 1. The quantitative estimate of drug-likeness (QED) is 0.777. The molecule has 1 aliphatic heterocycles. The lowest BCUT2D eigenvalue weighted by atomic mass is 9.94. The molecule has 0 radical (unpaired) electrons. The van der Waals surface area contributed by atoms with Crippen molar-refractivity contribution in [3.8, 4) is 11.5 Å². The minimum Gasteiger partial charge on any atom is -0.454 e. The molecule has 1 N–H and O–H groups in total. The summed E-state index contributed by atoms with van der Waals surface area (Å²) in [6.45, 7) is 4.59. The molecule has 0 aliphatic carbocycles. The molecular weight excluding hydrogens is 178 g/mol.